The molecule has 1 aromatic carbocycles. The second-order valence-electron chi connectivity index (χ2n) is 5.33. The first-order valence-electron chi connectivity index (χ1n) is 6.42. The molecule has 4 heteroatoms. The molecule has 0 fully saturated rings. The molecule has 0 spiro atoms. The Morgan fingerprint density at radius 2 is 1.84 bits per heavy atom. The van der Waals surface area contributed by atoms with E-state index < -0.39 is 5.54 Å². The smallest absolute Gasteiger partial charge is 0.273 e. The molecule has 0 radical (unpaired) electrons. The fourth-order valence-corrected chi connectivity index (χ4v) is 2.28. The van der Waals surface area contributed by atoms with Gasteiger partial charge in [-0.25, -0.2) is 0 Å². The van der Waals surface area contributed by atoms with Crippen molar-refractivity contribution in [2.45, 2.75) is 26.3 Å². The predicted molar refractivity (Wildman–Crippen MR) is 75.5 cm³/mol. The summed E-state index contributed by atoms with van der Waals surface area (Å²) in [5.41, 5.74) is 0.371. The minimum absolute atomic E-state index is 0.0733. The van der Waals surface area contributed by atoms with Gasteiger partial charge in [-0.05, 0) is 37.1 Å². The van der Waals surface area contributed by atoms with Gasteiger partial charge in [-0.1, -0.05) is 13.8 Å². The van der Waals surface area contributed by atoms with E-state index in [-0.39, 0.29) is 11.8 Å². The van der Waals surface area contributed by atoms with Gasteiger partial charge < -0.3 is 9.64 Å². The number of hydrogen-bond donors (Lipinski definition) is 0. The van der Waals surface area contributed by atoms with Crippen molar-refractivity contribution in [1.29, 1.82) is 0 Å². The molecule has 0 aromatic heterocycles. The van der Waals surface area contributed by atoms with Crippen LogP contribution < -0.4 is 4.74 Å². The molecule has 1 heterocycles. The van der Waals surface area contributed by atoms with Gasteiger partial charge in [-0.15, -0.1) is 0 Å². The fraction of sp³-hybridized carbons (Fsp3) is 0.467. The summed E-state index contributed by atoms with van der Waals surface area (Å²) in [6, 6.07) is 7.60. The predicted octanol–water partition coefficient (Wildman–Crippen LogP) is 2.33. The van der Waals surface area contributed by atoms with Gasteiger partial charge in [0, 0.05) is 12.6 Å². The van der Waals surface area contributed by atoms with E-state index in [1.807, 2.05) is 57.0 Å². The number of aliphatic imine (C=N–C) groups is 1. The van der Waals surface area contributed by atoms with Crippen molar-refractivity contribution in [3.63, 3.8) is 0 Å². The second kappa shape index (κ2) is 4.68. The van der Waals surface area contributed by atoms with Crippen LogP contribution in [-0.2, 0) is 4.79 Å². The zero-order chi connectivity index (χ0) is 14.2. The Bertz CT molecular complexity index is 519. The van der Waals surface area contributed by atoms with Crippen LogP contribution in [0.25, 0.3) is 0 Å². The number of amides is 1. The molecule has 19 heavy (non-hydrogen) atoms. The topological polar surface area (TPSA) is 41.9 Å². The average molecular weight is 260 g/mol. The highest BCUT2D eigenvalue weighted by atomic mass is 16.5. The van der Waals surface area contributed by atoms with Crippen molar-refractivity contribution in [3.8, 4) is 5.75 Å². The van der Waals surface area contributed by atoms with Crippen molar-refractivity contribution in [2.24, 2.45) is 10.9 Å². The highest BCUT2D eigenvalue weighted by molar-refractivity contribution is 6.13. The standard InChI is InChI=1S/C15H20N2O2/c1-10(2)15(3)14(18)16-13(17(15)4)11-6-8-12(19-5)9-7-11/h6-10H,1-5H3. The molecule has 102 valence electrons. The van der Waals surface area contributed by atoms with Crippen LogP contribution in [0, 0.1) is 5.92 Å². The summed E-state index contributed by atoms with van der Waals surface area (Å²) in [6.45, 7) is 6.03. The highest BCUT2D eigenvalue weighted by Gasteiger charge is 2.46. The van der Waals surface area contributed by atoms with Gasteiger partial charge in [0.2, 0.25) is 0 Å². The Morgan fingerprint density at radius 1 is 1.26 bits per heavy atom. The van der Waals surface area contributed by atoms with Crippen molar-refractivity contribution in [2.75, 3.05) is 14.2 Å². The minimum atomic E-state index is -0.560. The summed E-state index contributed by atoms with van der Waals surface area (Å²) in [4.78, 5) is 18.4. The molecule has 1 aliphatic heterocycles. The zero-order valence-electron chi connectivity index (χ0n) is 12.1. The third-order valence-electron chi connectivity index (χ3n) is 4.13. The quantitative estimate of drug-likeness (QED) is 0.837. The highest BCUT2D eigenvalue weighted by Crippen LogP contribution is 2.32. The van der Waals surface area contributed by atoms with Crippen LogP contribution in [0.1, 0.15) is 26.3 Å². The first-order valence-corrected chi connectivity index (χ1v) is 6.42. The first kappa shape index (κ1) is 13.6. The number of methoxy groups -OCH3 is 1. The first-order chi connectivity index (χ1) is 8.91. The van der Waals surface area contributed by atoms with Gasteiger partial charge in [0.1, 0.15) is 17.1 Å². The number of likely N-dealkylation sites (N-methyl/N-ethyl adjacent to an activating group) is 1. The van der Waals surface area contributed by atoms with E-state index in [0.717, 1.165) is 17.1 Å². The van der Waals surface area contributed by atoms with Gasteiger partial charge in [0.15, 0.2) is 0 Å². The Morgan fingerprint density at radius 3 is 2.26 bits per heavy atom. The van der Waals surface area contributed by atoms with Crippen molar-refractivity contribution < 1.29 is 9.53 Å². The summed E-state index contributed by atoms with van der Waals surface area (Å²) in [7, 11) is 3.56. The molecule has 0 saturated heterocycles. The van der Waals surface area contributed by atoms with Crippen LogP contribution >= 0.6 is 0 Å². The Balaban J connectivity index is 2.36. The molecule has 0 aliphatic carbocycles. The molecule has 1 unspecified atom stereocenters. The molecular formula is C15H20N2O2. The van der Waals surface area contributed by atoms with Gasteiger partial charge in [0.05, 0.1) is 7.11 Å². The number of rotatable bonds is 3. The van der Waals surface area contributed by atoms with Gasteiger partial charge >= 0.3 is 0 Å². The van der Waals surface area contributed by atoms with E-state index in [1.165, 1.54) is 0 Å². The second-order valence-corrected chi connectivity index (χ2v) is 5.33. The molecule has 0 bridgehead atoms. The molecule has 2 rings (SSSR count). The monoisotopic (exact) mass is 260 g/mol. The summed E-state index contributed by atoms with van der Waals surface area (Å²) in [5, 5.41) is 0. The van der Waals surface area contributed by atoms with Crippen molar-refractivity contribution in [1.82, 2.24) is 4.90 Å². The molecule has 1 aromatic rings. The average Bonchev–Trinajstić information content (AvgIpc) is 2.64. The van der Waals surface area contributed by atoms with E-state index in [4.69, 9.17) is 4.74 Å². The summed E-state index contributed by atoms with van der Waals surface area (Å²) >= 11 is 0. The molecule has 4 nitrogen and oxygen atoms in total. The van der Waals surface area contributed by atoms with Gasteiger partial charge in [-0.3, -0.25) is 4.79 Å². The van der Waals surface area contributed by atoms with Gasteiger partial charge in [0.25, 0.3) is 5.91 Å². The Labute approximate surface area is 114 Å². The lowest BCUT2D eigenvalue weighted by atomic mass is 9.87. The summed E-state index contributed by atoms with van der Waals surface area (Å²) in [5.74, 6) is 1.65. The van der Waals surface area contributed by atoms with Crippen LogP contribution in [0.2, 0.25) is 0 Å². The molecular weight excluding hydrogens is 240 g/mol. The SMILES string of the molecule is COc1ccc(C2=NC(=O)C(C)(C(C)C)N2C)cc1. The number of carbonyl (C=O) groups excluding carboxylic acids is 1. The van der Waals surface area contributed by atoms with E-state index >= 15 is 0 Å². The maximum atomic E-state index is 12.2. The van der Waals surface area contributed by atoms with Crippen LogP contribution in [0.3, 0.4) is 0 Å². The fourth-order valence-electron chi connectivity index (χ4n) is 2.28. The molecule has 1 aliphatic rings. The maximum absolute atomic E-state index is 12.2. The van der Waals surface area contributed by atoms with E-state index in [0.29, 0.717) is 0 Å². The lowest BCUT2D eigenvalue weighted by Gasteiger charge is -2.35. The van der Waals surface area contributed by atoms with Crippen molar-refractivity contribution in [3.05, 3.63) is 29.8 Å². The molecule has 0 saturated carbocycles. The number of amidine groups is 1. The van der Waals surface area contributed by atoms with Crippen LogP contribution in [0.5, 0.6) is 5.75 Å². The van der Waals surface area contributed by atoms with Crippen molar-refractivity contribution >= 4 is 11.7 Å². The molecule has 0 N–H and O–H groups in total. The largest absolute Gasteiger partial charge is 0.497 e. The number of ether oxygens (including phenoxy) is 1. The number of nitrogens with zero attached hydrogens (tertiary/aromatic N) is 2. The van der Waals surface area contributed by atoms with E-state index in [1.54, 1.807) is 7.11 Å². The number of carbonyl (C=O) groups is 1. The van der Waals surface area contributed by atoms with Gasteiger partial charge in [-0.2, -0.15) is 4.99 Å². The summed E-state index contributed by atoms with van der Waals surface area (Å²) < 4.78 is 5.14. The third-order valence-corrected chi connectivity index (χ3v) is 4.13. The molecule has 1 atom stereocenters. The zero-order valence-corrected chi connectivity index (χ0v) is 12.1. The Kier molecular flexibility index (Phi) is 3.35. The van der Waals surface area contributed by atoms with Crippen LogP contribution in [-0.4, -0.2) is 36.3 Å². The minimum Gasteiger partial charge on any atom is -0.497 e. The lowest BCUT2D eigenvalue weighted by Crippen LogP contribution is -2.51. The van der Waals surface area contributed by atoms with E-state index in [2.05, 4.69) is 4.99 Å². The maximum Gasteiger partial charge on any atom is 0.273 e. The normalized spacial score (nSPS) is 22.9. The third kappa shape index (κ3) is 2.01. The van der Waals surface area contributed by atoms with Crippen LogP contribution in [0.15, 0.2) is 29.3 Å². The summed E-state index contributed by atoms with van der Waals surface area (Å²) in [6.07, 6.45) is 0. The molecule has 1 amide bonds. The van der Waals surface area contributed by atoms with E-state index in [9.17, 15) is 4.79 Å². The lowest BCUT2D eigenvalue weighted by molar-refractivity contribution is -0.126. The number of benzene rings is 1. The number of hydrogen-bond acceptors (Lipinski definition) is 3. The Hall–Kier alpha value is -1.84. The van der Waals surface area contributed by atoms with Crippen LogP contribution in [0.4, 0.5) is 0 Å².